The first-order valence-electron chi connectivity index (χ1n) is 9.15. The summed E-state index contributed by atoms with van der Waals surface area (Å²) < 4.78 is 0. The van der Waals surface area contributed by atoms with Crippen LogP contribution in [-0.2, 0) is 13.0 Å². The molecular weight excluding hydrogens is 390 g/mol. The second kappa shape index (κ2) is 9.12. The quantitative estimate of drug-likeness (QED) is 0.575. The Bertz CT molecular complexity index is 977. The van der Waals surface area contributed by atoms with E-state index in [-0.39, 0.29) is 11.8 Å². The van der Waals surface area contributed by atoms with Crippen molar-refractivity contribution in [1.29, 1.82) is 0 Å². The number of anilines is 1. The zero-order valence-electron chi connectivity index (χ0n) is 16.2. The summed E-state index contributed by atoms with van der Waals surface area (Å²) in [4.78, 5) is 31.7. The lowest BCUT2D eigenvalue weighted by Gasteiger charge is -2.08. The number of nitrogens with zero attached hydrogens (tertiary/aromatic N) is 1. The van der Waals surface area contributed by atoms with E-state index >= 15 is 0 Å². The second-order valence-corrected chi connectivity index (χ2v) is 8.76. The van der Waals surface area contributed by atoms with Crippen LogP contribution in [0.1, 0.15) is 54.9 Å². The average Bonchev–Trinajstić information content (AvgIpc) is 3.26. The van der Waals surface area contributed by atoms with Crippen LogP contribution in [0.15, 0.2) is 36.0 Å². The van der Waals surface area contributed by atoms with Gasteiger partial charge in [0.05, 0.1) is 11.1 Å². The first-order valence-corrected chi connectivity index (χ1v) is 10.8. The lowest BCUT2D eigenvalue weighted by Crippen LogP contribution is -2.24. The molecule has 3 aromatic heterocycles. The lowest BCUT2D eigenvalue weighted by atomic mass is 10.1. The summed E-state index contributed by atoms with van der Waals surface area (Å²) in [5.74, 6) is -0.376. The standard InChI is InChI=1S/C21H23N3O2S2/c1-4-6-17-9-16(12-27-17)19(25)24-21-18(13(2)14(3)28-21)20(26)23-11-15-7-5-8-22-10-15/h5,7-10,12H,4,6,11H2,1-3H3,(H,23,26)(H,24,25). The number of carbonyl (C=O) groups excluding carboxylic acids is 2. The number of hydrogen-bond acceptors (Lipinski definition) is 5. The van der Waals surface area contributed by atoms with Crippen LogP contribution >= 0.6 is 22.7 Å². The fraction of sp³-hybridized carbons (Fsp3) is 0.286. The molecule has 0 aliphatic heterocycles. The molecule has 28 heavy (non-hydrogen) atoms. The van der Waals surface area contributed by atoms with Crippen molar-refractivity contribution in [1.82, 2.24) is 10.3 Å². The highest BCUT2D eigenvalue weighted by Crippen LogP contribution is 2.33. The molecule has 2 N–H and O–H groups in total. The highest BCUT2D eigenvalue weighted by atomic mass is 32.1. The number of hydrogen-bond donors (Lipinski definition) is 2. The number of carbonyl (C=O) groups is 2. The minimum Gasteiger partial charge on any atom is -0.348 e. The molecule has 0 spiro atoms. The van der Waals surface area contributed by atoms with Gasteiger partial charge in [0, 0.05) is 34.1 Å². The summed E-state index contributed by atoms with van der Waals surface area (Å²) in [5.41, 5.74) is 2.98. The van der Waals surface area contributed by atoms with Gasteiger partial charge in [-0.25, -0.2) is 0 Å². The van der Waals surface area contributed by atoms with Gasteiger partial charge in [0.2, 0.25) is 0 Å². The number of rotatable bonds is 7. The Kier molecular flexibility index (Phi) is 6.59. The molecule has 7 heteroatoms. The Morgan fingerprint density at radius 3 is 2.75 bits per heavy atom. The molecule has 2 amide bonds. The van der Waals surface area contributed by atoms with E-state index in [1.807, 2.05) is 37.4 Å². The molecule has 0 bridgehead atoms. The molecule has 0 unspecified atom stereocenters. The molecule has 0 saturated carbocycles. The smallest absolute Gasteiger partial charge is 0.257 e. The molecule has 146 valence electrons. The SMILES string of the molecule is CCCc1cc(C(=O)Nc2sc(C)c(C)c2C(=O)NCc2cccnc2)cs1. The average molecular weight is 414 g/mol. The van der Waals surface area contributed by atoms with Crippen LogP contribution in [0.4, 0.5) is 5.00 Å². The zero-order valence-corrected chi connectivity index (χ0v) is 17.8. The molecule has 3 heterocycles. The molecule has 5 nitrogen and oxygen atoms in total. The van der Waals surface area contributed by atoms with Gasteiger partial charge in [0.15, 0.2) is 0 Å². The van der Waals surface area contributed by atoms with E-state index in [1.54, 1.807) is 23.7 Å². The lowest BCUT2D eigenvalue weighted by molar-refractivity contribution is 0.0951. The van der Waals surface area contributed by atoms with Crippen LogP contribution in [0.5, 0.6) is 0 Å². The van der Waals surface area contributed by atoms with Gasteiger partial charge in [-0.3, -0.25) is 14.6 Å². The largest absolute Gasteiger partial charge is 0.348 e. The monoisotopic (exact) mass is 413 g/mol. The van der Waals surface area contributed by atoms with Crippen molar-refractivity contribution >= 4 is 39.5 Å². The zero-order chi connectivity index (χ0) is 20.1. The van der Waals surface area contributed by atoms with Crippen LogP contribution in [0.3, 0.4) is 0 Å². The summed E-state index contributed by atoms with van der Waals surface area (Å²) in [6.45, 7) is 6.37. The molecule has 3 rings (SSSR count). The summed E-state index contributed by atoms with van der Waals surface area (Å²) >= 11 is 3.02. The Morgan fingerprint density at radius 1 is 1.21 bits per heavy atom. The minimum absolute atomic E-state index is 0.179. The maximum Gasteiger partial charge on any atom is 0.257 e. The molecule has 0 fully saturated rings. The normalized spacial score (nSPS) is 10.7. The van der Waals surface area contributed by atoms with E-state index in [0.29, 0.717) is 22.7 Å². The predicted molar refractivity (Wildman–Crippen MR) is 115 cm³/mol. The fourth-order valence-corrected chi connectivity index (χ4v) is 4.84. The number of aryl methyl sites for hydroxylation is 2. The Labute approximate surface area is 172 Å². The van der Waals surface area contributed by atoms with Gasteiger partial charge in [-0.05, 0) is 43.5 Å². The van der Waals surface area contributed by atoms with Gasteiger partial charge in [-0.15, -0.1) is 22.7 Å². The predicted octanol–water partition coefficient (Wildman–Crippen LogP) is 4.96. The number of amides is 2. The molecule has 3 aromatic rings. The Hall–Kier alpha value is -2.51. The molecule has 0 atom stereocenters. The Morgan fingerprint density at radius 2 is 2.04 bits per heavy atom. The van der Waals surface area contributed by atoms with Gasteiger partial charge >= 0.3 is 0 Å². The molecule has 0 saturated heterocycles. The third-order valence-corrected chi connectivity index (χ3v) is 6.55. The van der Waals surface area contributed by atoms with Crippen molar-refractivity contribution in [3.63, 3.8) is 0 Å². The molecule has 0 aliphatic rings. The maximum atomic E-state index is 12.8. The van der Waals surface area contributed by atoms with E-state index < -0.39 is 0 Å². The van der Waals surface area contributed by atoms with E-state index in [1.165, 1.54) is 16.2 Å². The fourth-order valence-electron chi connectivity index (χ4n) is 2.81. The summed E-state index contributed by atoms with van der Waals surface area (Å²) in [7, 11) is 0. The van der Waals surface area contributed by atoms with Gasteiger partial charge < -0.3 is 10.6 Å². The molecule has 0 radical (unpaired) electrons. The van der Waals surface area contributed by atoms with Crippen molar-refractivity contribution in [2.24, 2.45) is 0 Å². The van der Waals surface area contributed by atoms with Crippen LogP contribution in [-0.4, -0.2) is 16.8 Å². The highest BCUT2D eigenvalue weighted by molar-refractivity contribution is 7.17. The summed E-state index contributed by atoms with van der Waals surface area (Å²) in [5, 5.41) is 8.32. The van der Waals surface area contributed by atoms with E-state index in [4.69, 9.17) is 0 Å². The highest BCUT2D eigenvalue weighted by Gasteiger charge is 2.21. The first kappa shape index (κ1) is 20.2. The van der Waals surface area contributed by atoms with Crippen LogP contribution < -0.4 is 10.6 Å². The summed E-state index contributed by atoms with van der Waals surface area (Å²) in [6, 6.07) is 5.67. The molecular formula is C21H23N3O2S2. The van der Waals surface area contributed by atoms with E-state index in [2.05, 4.69) is 22.5 Å². The van der Waals surface area contributed by atoms with Gasteiger partial charge in [-0.2, -0.15) is 0 Å². The van der Waals surface area contributed by atoms with Gasteiger partial charge in [-0.1, -0.05) is 19.4 Å². The number of thiophene rings is 2. The van der Waals surface area contributed by atoms with Crippen molar-refractivity contribution in [3.8, 4) is 0 Å². The number of pyridine rings is 1. The van der Waals surface area contributed by atoms with Gasteiger partial charge in [0.1, 0.15) is 5.00 Å². The van der Waals surface area contributed by atoms with Gasteiger partial charge in [0.25, 0.3) is 11.8 Å². The third-order valence-electron chi connectivity index (χ3n) is 4.43. The van der Waals surface area contributed by atoms with Crippen molar-refractivity contribution < 1.29 is 9.59 Å². The minimum atomic E-state index is -0.196. The maximum absolute atomic E-state index is 12.8. The first-order chi connectivity index (χ1) is 13.5. The summed E-state index contributed by atoms with van der Waals surface area (Å²) in [6.07, 6.45) is 5.43. The van der Waals surface area contributed by atoms with Crippen molar-refractivity contribution in [2.75, 3.05) is 5.32 Å². The van der Waals surface area contributed by atoms with E-state index in [0.717, 1.165) is 28.8 Å². The third kappa shape index (κ3) is 4.66. The Balaban J connectivity index is 1.75. The van der Waals surface area contributed by atoms with Crippen LogP contribution in [0.25, 0.3) is 0 Å². The van der Waals surface area contributed by atoms with E-state index in [9.17, 15) is 9.59 Å². The van der Waals surface area contributed by atoms with Crippen molar-refractivity contribution in [2.45, 2.75) is 40.2 Å². The number of nitrogens with one attached hydrogen (secondary N) is 2. The number of aromatic nitrogens is 1. The topological polar surface area (TPSA) is 71.1 Å². The van der Waals surface area contributed by atoms with Crippen LogP contribution in [0, 0.1) is 13.8 Å². The van der Waals surface area contributed by atoms with Crippen molar-refractivity contribution in [3.05, 3.63) is 68.0 Å². The second-order valence-electron chi connectivity index (χ2n) is 6.54. The molecule has 0 aromatic carbocycles. The molecule has 0 aliphatic carbocycles. The van der Waals surface area contributed by atoms with Crippen LogP contribution in [0.2, 0.25) is 0 Å².